The number of halogens is 3. The molecule has 1 N–H and O–H groups in total. The Labute approximate surface area is 198 Å². The molecule has 0 unspecified atom stereocenters. The number of aromatic amines is 1. The van der Waals surface area contributed by atoms with Crippen LogP contribution in [-0.4, -0.2) is 9.55 Å². The van der Waals surface area contributed by atoms with Crippen LogP contribution >= 0.6 is 27.5 Å². The van der Waals surface area contributed by atoms with Gasteiger partial charge in [0.05, 0.1) is 11.7 Å². The van der Waals surface area contributed by atoms with E-state index in [0.717, 1.165) is 43.0 Å². The fourth-order valence-corrected chi connectivity index (χ4v) is 4.59. The van der Waals surface area contributed by atoms with Crippen LogP contribution in [0.2, 0.25) is 5.02 Å². The number of hydrogen-bond acceptors (Lipinski definition) is 0. The summed E-state index contributed by atoms with van der Waals surface area (Å²) in [5, 5.41) is 3.18. The fourth-order valence-electron chi connectivity index (χ4n) is 4.20. The van der Waals surface area contributed by atoms with Gasteiger partial charge in [-0.1, -0.05) is 45.7 Å². The van der Waals surface area contributed by atoms with Gasteiger partial charge in [0.15, 0.2) is 5.69 Å². The summed E-state index contributed by atoms with van der Waals surface area (Å²) in [7, 11) is 0. The molecule has 152 valence electrons. The second-order valence-corrected chi connectivity index (χ2v) is 8.70. The summed E-state index contributed by atoms with van der Waals surface area (Å²) >= 11 is 9.73. The molecule has 0 atom stereocenters. The minimum absolute atomic E-state index is 0. The molecule has 3 aromatic heterocycles. The van der Waals surface area contributed by atoms with Crippen LogP contribution in [0, 0.1) is 0 Å². The van der Waals surface area contributed by atoms with E-state index >= 15 is 0 Å². The molecule has 6 heteroatoms. The average Bonchev–Trinajstić information content (AvgIpc) is 3.33. The average molecular weight is 509 g/mol. The van der Waals surface area contributed by atoms with Crippen LogP contribution in [0.25, 0.3) is 44.3 Å². The van der Waals surface area contributed by atoms with Crippen LogP contribution in [0.4, 0.5) is 0 Å². The van der Waals surface area contributed by atoms with Crippen LogP contribution in [-0.2, 0) is 0 Å². The van der Waals surface area contributed by atoms with Gasteiger partial charge in [-0.25, -0.2) is 0 Å². The minimum Gasteiger partial charge on any atom is -1.00 e. The van der Waals surface area contributed by atoms with E-state index in [1.807, 2.05) is 12.1 Å². The van der Waals surface area contributed by atoms with Crippen LogP contribution in [0.3, 0.4) is 0 Å². The van der Waals surface area contributed by atoms with E-state index in [9.17, 15) is 0 Å². The Bertz CT molecular complexity index is 1550. The Balaban J connectivity index is 0.00000204. The van der Waals surface area contributed by atoms with Gasteiger partial charge in [0.25, 0.3) is 6.33 Å². The van der Waals surface area contributed by atoms with Crippen molar-refractivity contribution < 1.29 is 16.8 Å². The van der Waals surface area contributed by atoms with Gasteiger partial charge in [-0.3, -0.25) is 0 Å². The number of nitrogens with zero attached hydrogens (tertiary/aromatic N) is 2. The van der Waals surface area contributed by atoms with Gasteiger partial charge in [0.1, 0.15) is 5.69 Å². The highest BCUT2D eigenvalue weighted by molar-refractivity contribution is 9.10. The van der Waals surface area contributed by atoms with Gasteiger partial charge in [-0.05, 0) is 60.7 Å². The molecule has 0 amide bonds. The van der Waals surface area contributed by atoms with E-state index in [1.54, 1.807) is 0 Å². The SMILES string of the molecule is Clc1ccc(-c2c3c4[nH]c5ccccc5c4cc[n+]3cn2-c2ccc(Br)cc2)cc1.[Cl-]. The molecule has 0 fully saturated rings. The highest BCUT2D eigenvalue weighted by Crippen LogP contribution is 2.34. The van der Waals surface area contributed by atoms with Crippen molar-refractivity contribution in [1.29, 1.82) is 0 Å². The largest absolute Gasteiger partial charge is 1.00 e. The summed E-state index contributed by atoms with van der Waals surface area (Å²) in [6.45, 7) is 0. The quantitative estimate of drug-likeness (QED) is 0.343. The van der Waals surface area contributed by atoms with Gasteiger partial charge in [0.2, 0.25) is 5.52 Å². The Morgan fingerprint density at radius 2 is 1.58 bits per heavy atom. The number of para-hydroxylation sites is 1. The van der Waals surface area contributed by atoms with E-state index in [-0.39, 0.29) is 12.4 Å². The molecule has 0 aliphatic rings. The zero-order valence-electron chi connectivity index (χ0n) is 16.2. The first-order valence-electron chi connectivity index (χ1n) is 9.67. The fraction of sp³-hybridized carbons (Fsp3) is 0. The van der Waals surface area contributed by atoms with Crippen molar-refractivity contribution in [2.75, 3.05) is 0 Å². The van der Waals surface area contributed by atoms with Gasteiger partial charge < -0.3 is 17.4 Å². The minimum atomic E-state index is 0. The highest BCUT2D eigenvalue weighted by Gasteiger charge is 2.24. The number of fused-ring (bicyclic) bond motifs is 5. The van der Waals surface area contributed by atoms with Gasteiger partial charge >= 0.3 is 0 Å². The third-order valence-corrected chi connectivity index (χ3v) is 6.35. The van der Waals surface area contributed by atoms with Crippen molar-refractivity contribution in [2.24, 2.45) is 0 Å². The lowest BCUT2D eigenvalue weighted by Crippen LogP contribution is -3.00. The van der Waals surface area contributed by atoms with Crippen LogP contribution in [0.1, 0.15) is 0 Å². The van der Waals surface area contributed by atoms with Gasteiger partial charge in [-0.2, -0.15) is 8.97 Å². The van der Waals surface area contributed by atoms with Crippen LogP contribution in [0.15, 0.2) is 95.9 Å². The van der Waals surface area contributed by atoms with E-state index in [4.69, 9.17) is 11.6 Å². The summed E-state index contributed by atoms with van der Waals surface area (Å²) < 4.78 is 5.47. The number of rotatable bonds is 2. The maximum Gasteiger partial charge on any atom is 0.254 e. The lowest BCUT2D eigenvalue weighted by Gasteiger charge is -2.03. The first-order chi connectivity index (χ1) is 14.7. The zero-order valence-corrected chi connectivity index (χ0v) is 19.3. The molecule has 3 nitrogen and oxygen atoms in total. The summed E-state index contributed by atoms with van der Waals surface area (Å²) in [5.41, 5.74) is 6.71. The predicted octanol–water partition coefficient (Wildman–Crippen LogP) is 3.94. The number of pyridine rings is 1. The highest BCUT2D eigenvalue weighted by atomic mass is 79.9. The topological polar surface area (TPSA) is 24.8 Å². The number of hydrogen-bond donors (Lipinski definition) is 1. The summed E-state index contributed by atoms with van der Waals surface area (Å²) in [5.74, 6) is 0. The molecule has 6 aromatic rings. The molecule has 0 saturated carbocycles. The number of H-pyrrole nitrogens is 1. The Morgan fingerprint density at radius 1 is 0.839 bits per heavy atom. The van der Waals surface area contributed by atoms with E-state index in [1.165, 1.54) is 10.8 Å². The Kier molecular flexibility index (Phi) is 5.01. The lowest BCUT2D eigenvalue weighted by atomic mass is 10.1. The normalized spacial score (nSPS) is 11.3. The summed E-state index contributed by atoms with van der Waals surface area (Å²) in [4.78, 5) is 3.65. The number of benzene rings is 3. The summed E-state index contributed by atoms with van der Waals surface area (Å²) in [6.07, 6.45) is 4.26. The molecule has 0 aliphatic heterocycles. The zero-order chi connectivity index (χ0) is 20.2. The van der Waals surface area contributed by atoms with Crippen molar-refractivity contribution in [3.8, 4) is 16.9 Å². The number of nitrogens with one attached hydrogen (secondary N) is 1. The van der Waals surface area contributed by atoms with Crippen molar-refractivity contribution in [3.63, 3.8) is 0 Å². The molecule has 0 spiro atoms. The van der Waals surface area contributed by atoms with E-state index in [0.29, 0.717) is 0 Å². The van der Waals surface area contributed by atoms with Gasteiger partial charge in [-0.15, -0.1) is 0 Å². The molecule has 0 bridgehead atoms. The number of aromatic nitrogens is 3. The third kappa shape index (κ3) is 3.23. The monoisotopic (exact) mass is 507 g/mol. The molecule has 3 heterocycles. The second-order valence-electron chi connectivity index (χ2n) is 7.35. The molecular weight excluding hydrogens is 493 g/mol. The maximum absolute atomic E-state index is 6.19. The molecule has 31 heavy (non-hydrogen) atoms. The standard InChI is InChI=1S/C25H16BrClN3.ClH/c26-17-7-11-19(12-8-17)30-15-29-14-13-21-20-3-1-2-4-22(20)28-23(21)25(29)24(30)16-5-9-18(27)10-6-16;/h1-15,28H;1H/q+1;/p-1. The van der Waals surface area contributed by atoms with E-state index in [2.05, 4.69) is 109 Å². The smallest absolute Gasteiger partial charge is 0.254 e. The molecule has 0 saturated heterocycles. The molecule has 6 rings (SSSR count). The van der Waals surface area contributed by atoms with Crippen molar-refractivity contribution in [3.05, 3.63) is 101 Å². The van der Waals surface area contributed by atoms with Crippen LogP contribution < -0.4 is 16.8 Å². The van der Waals surface area contributed by atoms with E-state index < -0.39 is 0 Å². The van der Waals surface area contributed by atoms with Crippen LogP contribution in [0.5, 0.6) is 0 Å². The second kappa shape index (κ2) is 7.72. The Morgan fingerprint density at radius 3 is 2.35 bits per heavy atom. The van der Waals surface area contributed by atoms with Gasteiger partial charge in [0, 0.05) is 31.3 Å². The van der Waals surface area contributed by atoms with Crippen molar-refractivity contribution in [1.82, 2.24) is 9.55 Å². The predicted molar refractivity (Wildman–Crippen MR) is 126 cm³/mol. The molecule has 0 radical (unpaired) electrons. The van der Waals surface area contributed by atoms with Crippen molar-refractivity contribution >= 4 is 54.9 Å². The maximum atomic E-state index is 6.19. The first-order valence-corrected chi connectivity index (χ1v) is 10.8. The molecule has 0 aliphatic carbocycles. The lowest BCUT2D eigenvalue weighted by molar-refractivity contribution is -0.510. The van der Waals surface area contributed by atoms with Crippen molar-refractivity contribution in [2.45, 2.75) is 0 Å². The molecular formula is C25H16BrCl2N3. The number of imidazole rings is 1. The molecule has 3 aromatic carbocycles. The third-order valence-electron chi connectivity index (χ3n) is 5.57. The first kappa shape index (κ1) is 20.1. The summed E-state index contributed by atoms with van der Waals surface area (Å²) in [6, 6.07) is 27.0. The Hall–Kier alpha value is -2.79.